The molecule has 5 heteroatoms. The summed E-state index contributed by atoms with van der Waals surface area (Å²) < 4.78 is 10.6. The molecular formula is C17H23NO4. The van der Waals surface area contributed by atoms with Crippen molar-refractivity contribution in [2.24, 2.45) is 0 Å². The standard InChI is InChI=1S/C17H23NO4/c1-21-15(19)11-12-18-17(20)16(13-7-3-2-4-8-13)22-14-9-5-6-10-14/h2-4,7-8,14,16H,5-6,9-12H2,1H3,(H,18,20)/t16-/m1/s1. The van der Waals surface area contributed by atoms with Gasteiger partial charge in [-0.15, -0.1) is 0 Å². The molecule has 0 bridgehead atoms. The molecular weight excluding hydrogens is 282 g/mol. The summed E-state index contributed by atoms with van der Waals surface area (Å²) >= 11 is 0. The summed E-state index contributed by atoms with van der Waals surface area (Å²) in [5.74, 6) is -0.546. The fraction of sp³-hybridized carbons (Fsp3) is 0.529. The van der Waals surface area contributed by atoms with E-state index in [9.17, 15) is 9.59 Å². The predicted molar refractivity (Wildman–Crippen MR) is 82.2 cm³/mol. The van der Waals surface area contributed by atoms with Crippen molar-refractivity contribution < 1.29 is 19.1 Å². The summed E-state index contributed by atoms with van der Waals surface area (Å²) in [4.78, 5) is 23.5. The van der Waals surface area contributed by atoms with Crippen molar-refractivity contribution in [2.45, 2.75) is 44.3 Å². The molecule has 1 N–H and O–H groups in total. The van der Waals surface area contributed by atoms with Crippen molar-refractivity contribution in [3.05, 3.63) is 35.9 Å². The third kappa shape index (κ3) is 4.84. The Hall–Kier alpha value is -1.88. The Labute approximate surface area is 131 Å². The molecule has 5 nitrogen and oxygen atoms in total. The highest BCUT2D eigenvalue weighted by molar-refractivity contribution is 5.82. The molecule has 22 heavy (non-hydrogen) atoms. The summed E-state index contributed by atoms with van der Waals surface area (Å²) in [5, 5.41) is 2.76. The molecule has 0 unspecified atom stereocenters. The average Bonchev–Trinajstić information content (AvgIpc) is 3.06. The van der Waals surface area contributed by atoms with Gasteiger partial charge in [-0.25, -0.2) is 0 Å². The van der Waals surface area contributed by atoms with Crippen molar-refractivity contribution in [1.82, 2.24) is 5.32 Å². The number of carbonyl (C=O) groups excluding carboxylic acids is 2. The lowest BCUT2D eigenvalue weighted by atomic mass is 10.1. The molecule has 1 aromatic rings. The fourth-order valence-electron chi connectivity index (χ4n) is 2.62. The predicted octanol–water partition coefficient (Wildman–Crippen LogP) is 2.37. The van der Waals surface area contributed by atoms with Crippen LogP contribution in [0.5, 0.6) is 0 Å². The minimum absolute atomic E-state index is 0.136. The Kier molecular flexibility index (Phi) is 6.40. The van der Waals surface area contributed by atoms with Crippen molar-refractivity contribution in [3.63, 3.8) is 0 Å². The van der Waals surface area contributed by atoms with Crippen LogP contribution in [0.3, 0.4) is 0 Å². The van der Waals surface area contributed by atoms with Crippen LogP contribution in [0.2, 0.25) is 0 Å². The van der Waals surface area contributed by atoms with Gasteiger partial charge in [-0.05, 0) is 18.4 Å². The van der Waals surface area contributed by atoms with E-state index in [1.54, 1.807) is 0 Å². The molecule has 0 saturated heterocycles. The van der Waals surface area contributed by atoms with Crippen LogP contribution in [0, 0.1) is 0 Å². The number of carbonyl (C=O) groups is 2. The lowest BCUT2D eigenvalue weighted by Gasteiger charge is -2.22. The fourth-order valence-corrected chi connectivity index (χ4v) is 2.62. The number of rotatable bonds is 7. The SMILES string of the molecule is COC(=O)CCNC(=O)[C@H](OC1CCCC1)c1ccccc1. The Morgan fingerprint density at radius 2 is 1.91 bits per heavy atom. The zero-order valence-electron chi connectivity index (χ0n) is 12.9. The highest BCUT2D eigenvalue weighted by Crippen LogP contribution is 2.28. The van der Waals surface area contributed by atoms with Crippen LogP contribution in [-0.2, 0) is 19.1 Å². The van der Waals surface area contributed by atoms with E-state index >= 15 is 0 Å². The minimum atomic E-state index is -0.623. The number of amides is 1. The average molecular weight is 305 g/mol. The number of benzene rings is 1. The summed E-state index contributed by atoms with van der Waals surface area (Å²) in [6.45, 7) is 0.253. The van der Waals surface area contributed by atoms with Gasteiger partial charge in [0.05, 0.1) is 19.6 Å². The number of nitrogens with one attached hydrogen (secondary N) is 1. The van der Waals surface area contributed by atoms with Crippen LogP contribution in [0.25, 0.3) is 0 Å². The first-order valence-electron chi connectivity index (χ1n) is 7.75. The molecule has 0 spiro atoms. The maximum absolute atomic E-state index is 12.4. The van der Waals surface area contributed by atoms with Crippen molar-refractivity contribution in [3.8, 4) is 0 Å². The van der Waals surface area contributed by atoms with Crippen LogP contribution in [-0.4, -0.2) is 31.6 Å². The Morgan fingerprint density at radius 1 is 1.23 bits per heavy atom. The van der Waals surface area contributed by atoms with Gasteiger partial charge in [0, 0.05) is 6.54 Å². The first kappa shape index (κ1) is 16.5. The van der Waals surface area contributed by atoms with Crippen LogP contribution < -0.4 is 5.32 Å². The number of hydrogen-bond donors (Lipinski definition) is 1. The van der Waals surface area contributed by atoms with Gasteiger partial charge in [0.2, 0.25) is 0 Å². The van der Waals surface area contributed by atoms with Gasteiger partial charge in [-0.3, -0.25) is 9.59 Å². The van der Waals surface area contributed by atoms with Gasteiger partial charge in [-0.1, -0.05) is 43.2 Å². The highest BCUT2D eigenvalue weighted by atomic mass is 16.5. The quantitative estimate of drug-likeness (QED) is 0.786. The zero-order valence-corrected chi connectivity index (χ0v) is 12.9. The van der Waals surface area contributed by atoms with E-state index in [0.717, 1.165) is 31.2 Å². The second kappa shape index (κ2) is 8.54. The smallest absolute Gasteiger partial charge is 0.307 e. The van der Waals surface area contributed by atoms with E-state index < -0.39 is 6.10 Å². The number of ether oxygens (including phenoxy) is 2. The van der Waals surface area contributed by atoms with Crippen molar-refractivity contribution in [2.75, 3.05) is 13.7 Å². The summed E-state index contributed by atoms with van der Waals surface area (Å²) in [6, 6.07) is 9.47. The monoisotopic (exact) mass is 305 g/mol. The molecule has 1 aromatic carbocycles. The van der Waals surface area contributed by atoms with Crippen LogP contribution in [0.1, 0.15) is 43.8 Å². The van der Waals surface area contributed by atoms with Crippen molar-refractivity contribution in [1.29, 1.82) is 0 Å². The molecule has 0 aromatic heterocycles. The molecule has 1 atom stereocenters. The first-order valence-corrected chi connectivity index (χ1v) is 7.75. The zero-order chi connectivity index (χ0) is 15.8. The molecule has 0 aliphatic heterocycles. The maximum Gasteiger partial charge on any atom is 0.307 e. The largest absolute Gasteiger partial charge is 0.469 e. The van der Waals surface area contributed by atoms with Crippen LogP contribution >= 0.6 is 0 Å². The normalized spacial score (nSPS) is 16.2. The van der Waals surface area contributed by atoms with Gasteiger partial charge in [0.1, 0.15) is 0 Å². The molecule has 1 amide bonds. The topological polar surface area (TPSA) is 64.6 Å². The van der Waals surface area contributed by atoms with Gasteiger partial charge < -0.3 is 14.8 Å². The van der Waals surface area contributed by atoms with Gasteiger partial charge in [0.15, 0.2) is 6.10 Å². The van der Waals surface area contributed by atoms with E-state index in [0.29, 0.717) is 0 Å². The number of hydrogen-bond acceptors (Lipinski definition) is 4. The summed E-state index contributed by atoms with van der Waals surface area (Å²) in [7, 11) is 1.33. The Bertz CT molecular complexity index is 483. The van der Waals surface area contributed by atoms with Crippen LogP contribution in [0.15, 0.2) is 30.3 Å². The molecule has 2 rings (SSSR count). The first-order chi connectivity index (χ1) is 10.7. The third-order valence-corrected chi connectivity index (χ3v) is 3.83. The van der Waals surface area contributed by atoms with E-state index in [4.69, 9.17) is 4.74 Å². The van der Waals surface area contributed by atoms with E-state index in [1.165, 1.54) is 7.11 Å². The number of methoxy groups -OCH3 is 1. The van der Waals surface area contributed by atoms with Gasteiger partial charge >= 0.3 is 5.97 Å². The lowest BCUT2D eigenvalue weighted by Crippen LogP contribution is -2.34. The van der Waals surface area contributed by atoms with E-state index in [-0.39, 0.29) is 30.9 Å². The Balaban J connectivity index is 1.96. The number of esters is 1. The second-order valence-electron chi connectivity index (χ2n) is 5.45. The van der Waals surface area contributed by atoms with Gasteiger partial charge in [-0.2, -0.15) is 0 Å². The second-order valence-corrected chi connectivity index (χ2v) is 5.45. The van der Waals surface area contributed by atoms with Crippen LogP contribution in [0.4, 0.5) is 0 Å². The molecule has 1 saturated carbocycles. The molecule has 120 valence electrons. The molecule has 1 fully saturated rings. The van der Waals surface area contributed by atoms with Gasteiger partial charge in [0.25, 0.3) is 5.91 Å². The van der Waals surface area contributed by atoms with E-state index in [1.807, 2.05) is 30.3 Å². The maximum atomic E-state index is 12.4. The Morgan fingerprint density at radius 3 is 2.55 bits per heavy atom. The summed E-state index contributed by atoms with van der Waals surface area (Å²) in [6.07, 6.45) is 3.97. The lowest BCUT2D eigenvalue weighted by molar-refractivity contribution is -0.141. The molecule has 1 aliphatic rings. The molecule has 0 radical (unpaired) electrons. The molecule has 1 aliphatic carbocycles. The van der Waals surface area contributed by atoms with Crippen molar-refractivity contribution >= 4 is 11.9 Å². The third-order valence-electron chi connectivity index (χ3n) is 3.83. The minimum Gasteiger partial charge on any atom is -0.469 e. The summed E-state index contributed by atoms with van der Waals surface area (Å²) in [5.41, 5.74) is 0.838. The highest BCUT2D eigenvalue weighted by Gasteiger charge is 2.26. The van der Waals surface area contributed by atoms with E-state index in [2.05, 4.69) is 10.1 Å². The molecule has 0 heterocycles.